The molecule has 1 aliphatic carbocycles. The molecular weight excluding hydrogens is 206 g/mol. The number of fused-ring (bicyclic) bond motifs is 3. The first-order chi connectivity index (χ1) is 7.75. The van der Waals surface area contributed by atoms with Crippen LogP contribution < -0.4 is 0 Å². The van der Waals surface area contributed by atoms with E-state index in [4.69, 9.17) is 9.84 Å². The van der Waals surface area contributed by atoms with Crippen molar-refractivity contribution in [3.05, 3.63) is 53.3 Å². The monoisotopic (exact) mass is 215 g/mol. The molecule has 0 bridgehead atoms. The second-order valence-electron chi connectivity index (χ2n) is 3.69. The van der Waals surface area contributed by atoms with Crippen molar-refractivity contribution >= 4 is 11.5 Å². The maximum Gasteiger partial charge on any atom is 0.352 e. The van der Waals surface area contributed by atoms with Crippen molar-refractivity contribution in [2.75, 3.05) is 0 Å². The molecule has 0 aromatic carbocycles. The summed E-state index contributed by atoms with van der Waals surface area (Å²) >= 11 is 0. The zero-order valence-electron chi connectivity index (χ0n) is 8.36. The summed E-state index contributed by atoms with van der Waals surface area (Å²) in [5, 5.41) is 8.92. The van der Waals surface area contributed by atoms with Crippen molar-refractivity contribution in [2.45, 2.75) is 6.42 Å². The molecule has 4 nitrogen and oxygen atoms in total. The second kappa shape index (κ2) is 3.13. The molecule has 1 aliphatic heterocycles. The van der Waals surface area contributed by atoms with Gasteiger partial charge in [-0.05, 0) is 36.3 Å². The summed E-state index contributed by atoms with van der Waals surface area (Å²) in [7, 11) is 0. The number of hydrogen-bond acceptors (Lipinski definition) is 2. The van der Waals surface area contributed by atoms with E-state index in [0.29, 0.717) is 6.42 Å². The molecule has 0 saturated carbocycles. The van der Waals surface area contributed by atoms with Crippen LogP contribution in [0.4, 0.5) is 0 Å². The summed E-state index contributed by atoms with van der Waals surface area (Å²) < 4.78 is 5.35. The van der Waals surface area contributed by atoms with Crippen molar-refractivity contribution in [1.29, 1.82) is 0 Å². The average molecular weight is 215 g/mol. The van der Waals surface area contributed by atoms with Gasteiger partial charge in [-0.3, -0.25) is 0 Å². The predicted molar refractivity (Wildman–Crippen MR) is 57.7 cm³/mol. The summed E-state index contributed by atoms with van der Waals surface area (Å²) in [4.78, 5) is 13.8. The fourth-order valence-corrected chi connectivity index (χ4v) is 1.97. The number of aromatic amines is 1. The van der Waals surface area contributed by atoms with Crippen molar-refractivity contribution in [3.63, 3.8) is 0 Å². The number of carboxylic acid groups (broad SMARTS) is 1. The molecular formula is C12H9NO3. The number of ether oxygens (including phenoxy) is 1. The van der Waals surface area contributed by atoms with E-state index in [1.807, 2.05) is 12.2 Å². The minimum atomic E-state index is -0.941. The molecule has 2 aliphatic rings. The van der Waals surface area contributed by atoms with Gasteiger partial charge in [0.1, 0.15) is 11.5 Å². The fourth-order valence-electron chi connectivity index (χ4n) is 1.97. The third kappa shape index (κ3) is 1.20. The van der Waals surface area contributed by atoms with Crippen LogP contribution >= 0.6 is 0 Å². The summed E-state index contributed by atoms with van der Waals surface area (Å²) in [6.07, 6.45) is 7.97. The molecule has 2 N–H and O–H groups in total. The molecule has 1 aromatic heterocycles. The number of H-pyrrole nitrogens is 1. The van der Waals surface area contributed by atoms with Crippen LogP contribution in [0.5, 0.6) is 0 Å². The van der Waals surface area contributed by atoms with Gasteiger partial charge in [0.05, 0.1) is 12.0 Å². The van der Waals surface area contributed by atoms with Gasteiger partial charge in [-0.15, -0.1) is 0 Å². The summed E-state index contributed by atoms with van der Waals surface area (Å²) in [6.45, 7) is 0. The Morgan fingerprint density at radius 3 is 3.19 bits per heavy atom. The lowest BCUT2D eigenvalue weighted by Crippen LogP contribution is -2.04. The number of hydrogen-bond donors (Lipinski definition) is 2. The van der Waals surface area contributed by atoms with Crippen LogP contribution in [0, 0.1) is 0 Å². The van der Waals surface area contributed by atoms with E-state index >= 15 is 0 Å². The topological polar surface area (TPSA) is 62.3 Å². The van der Waals surface area contributed by atoms with Crippen LogP contribution in [-0.2, 0) is 11.2 Å². The lowest BCUT2D eigenvalue weighted by molar-refractivity contribution is 0.0691. The van der Waals surface area contributed by atoms with E-state index in [1.165, 1.54) is 0 Å². The van der Waals surface area contributed by atoms with Crippen LogP contribution in [0.15, 0.2) is 36.3 Å². The SMILES string of the molecule is O=C(O)c1cc2c([nH]1)C1=CC=COC1=CC2. The van der Waals surface area contributed by atoms with E-state index in [1.54, 1.807) is 18.4 Å². The Hall–Kier alpha value is -2.23. The highest BCUT2D eigenvalue weighted by Crippen LogP contribution is 2.34. The number of allylic oxidation sites excluding steroid dienone is 4. The lowest BCUT2D eigenvalue weighted by Gasteiger charge is -2.18. The molecule has 0 atom stereocenters. The standard InChI is InChI=1S/C12H9NO3/c14-12(15)9-6-7-3-4-10-8(11(7)13-9)2-1-5-16-10/h1-2,4-6,13H,3H2,(H,14,15). The van der Waals surface area contributed by atoms with Crippen LogP contribution in [0.3, 0.4) is 0 Å². The zero-order chi connectivity index (χ0) is 11.1. The molecule has 0 unspecified atom stereocenters. The van der Waals surface area contributed by atoms with Gasteiger partial charge < -0.3 is 14.8 Å². The number of rotatable bonds is 1. The maximum atomic E-state index is 10.9. The van der Waals surface area contributed by atoms with Crippen LogP contribution in [-0.4, -0.2) is 16.1 Å². The number of aromatic nitrogens is 1. The first-order valence-electron chi connectivity index (χ1n) is 4.95. The number of carboxylic acids is 1. The summed E-state index contributed by atoms with van der Waals surface area (Å²) in [6, 6.07) is 1.67. The molecule has 2 heterocycles. The first kappa shape index (κ1) is 9.03. The molecule has 80 valence electrons. The van der Waals surface area contributed by atoms with E-state index in [0.717, 1.165) is 22.6 Å². The van der Waals surface area contributed by atoms with Crippen LogP contribution in [0.2, 0.25) is 0 Å². The Balaban J connectivity index is 2.14. The molecule has 1 aromatic rings. The van der Waals surface area contributed by atoms with Gasteiger partial charge in [0.25, 0.3) is 0 Å². The smallest absolute Gasteiger partial charge is 0.352 e. The molecule has 3 rings (SSSR count). The van der Waals surface area contributed by atoms with Crippen molar-refractivity contribution in [2.24, 2.45) is 0 Å². The highest BCUT2D eigenvalue weighted by Gasteiger charge is 2.22. The van der Waals surface area contributed by atoms with Gasteiger partial charge >= 0.3 is 5.97 Å². The van der Waals surface area contributed by atoms with E-state index in [2.05, 4.69) is 4.98 Å². The Morgan fingerprint density at radius 1 is 1.50 bits per heavy atom. The largest absolute Gasteiger partial charge is 0.477 e. The van der Waals surface area contributed by atoms with Gasteiger partial charge in [-0.2, -0.15) is 0 Å². The van der Waals surface area contributed by atoms with Gasteiger partial charge in [-0.25, -0.2) is 4.79 Å². The third-order valence-corrected chi connectivity index (χ3v) is 2.71. The highest BCUT2D eigenvalue weighted by atomic mass is 16.5. The lowest BCUT2D eigenvalue weighted by atomic mass is 9.97. The Morgan fingerprint density at radius 2 is 2.38 bits per heavy atom. The van der Waals surface area contributed by atoms with E-state index in [9.17, 15) is 4.79 Å². The second-order valence-corrected chi connectivity index (χ2v) is 3.69. The van der Waals surface area contributed by atoms with Gasteiger partial charge in [-0.1, -0.05) is 0 Å². The van der Waals surface area contributed by atoms with Crippen molar-refractivity contribution in [3.8, 4) is 0 Å². The summed E-state index contributed by atoms with van der Waals surface area (Å²) in [5.74, 6) is -0.155. The van der Waals surface area contributed by atoms with Crippen molar-refractivity contribution < 1.29 is 14.6 Å². The molecule has 0 amide bonds. The minimum Gasteiger partial charge on any atom is -0.477 e. The van der Waals surface area contributed by atoms with E-state index < -0.39 is 5.97 Å². The summed E-state index contributed by atoms with van der Waals surface area (Å²) in [5.41, 5.74) is 2.97. The minimum absolute atomic E-state index is 0.218. The zero-order valence-corrected chi connectivity index (χ0v) is 8.36. The Labute approximate surface area is 91.5 Å². The number of carbonyl (C=O) groups is 1. The molecule has 0 spiro atoms. The number of aromatic carboxylic acids is 1. The van der Waals surface area contributed by atoms with Gasteiger partial charge in [0.2, 0.25) is 0 Å². The van der Waals surface area contributed by atoms with Gasteiger partial charge in [0, 0.05) is 5.57 Å². The quantitative estimate of drug-likeness (QED) is 0.753. The highest BCUT2D eigenvalue weighted by molar-refractivity contribution is 5.89. The van der Waals surface area contributed by atoms with Crippen LogP contribution in [0.25, 0.3) is 5.57 Å². The first-order valence-corrected chi connectivity index (χ1v) is 4.95. The molecule has 0 radical (unpaired) electrons. The van der Waals surface area contributed by atoms with Gasteiger partial charge in [0.15, 0.2) is 0 Å². The molecule has 4 heteroatoms. The average Bonchev–Trinajstić information content (AvgIpc) is 2.73. The third-order valence-electron chi connectivity index (χ3n) is 2.71. The molecule has 0 fully saturated rings. The van der Waals surface area contributed by atoms with E-state index in [-0.39, 0.29) is 5.69 Å². The molecule has 0 saturated heterocycles. The Bertz CT molecular complexity index is 561. The normalized spacial score (nSPS) is 16.8. The van der Waals surface area contributed by atoms with Crippen molar-refractivity contribution in [1.82, 2.24) is 4.98 Å². The Kier molecular flexibility index (Phi) is 1.77. The maximum absolute atomic E-state index is 10.9. The molecule has 16 heavy (non-hydrogen) atoms. The van der Waals surface area contributed by atoms with Crippen LogP contribution in [0.1, 0.15) is 21.7 Å². The number of nitrogens with one attached hydrogen (secondary N) is 1. The fraction of sp³-hybridized carbons (Fsp3) is 0.0833. The predicted octanol–water partition coefficient (Wildman–Crippen LogP) is 2.08.